The number of carbonyl (C=O) groups is 1. The molecule has 4 aromatic rings. The summed E-state index contributed by atoms with van der Waals surface area (Å²) in [5.74, 6) is 1.27. The maximum atomic E-state index is 12.6. The molecule has 1 aromatic heterocycles. The van der Waals surface area contributed by atoms with E-state index in [-0.39, 0.29) is 18.4 Å². The van der Waals surface area contributed by atoms with Gasteiger partial charge < -0.3 is 26.0 Å². The van der Waals surface area contributed by atoms with Crippen LogP contribution >= 0.6 is 0 Å². The van der Waals surface area contributed by atoms with Crippen LogP contribution in [0.2, 0.25) is 0 Å². The third-order valence-corrected chi connectivity index (χ3v) is 5.68. The summed E-state index contributed by atoms with van der Waals surface area (Å²) >= 11 is 0. The Hall–Kier alpha value is -4.66. The number of nitrogens with zero attached hydrogens (tertiary/aromatic N) is 3. The van der Waals surface area contributed by atoms with Crippen molar-refractivity contribution < 1.29 is 9.53 Å². The lowest BCUT2D eigenvalue weighted by Gasteiger charge is -2.14. The molecule has 1 amide bonds. The summed E-state index contributed by atoms with van der Waals surface area (Å²) < 4.78 is 5.30. The summed E-state index contributed by atoms with van der Waals surface area (Å²) in [5, 5.41) is 12.4. The van der Waals surface area contributed by atoms with E-state index in [1.54, 1.807) is 19.2 Å². The zero-order valence-corrected chi connectivity index (χ0v) is 21.6. The zero-order valence-electron chi connectivity index (χ0n) is 21.6. The molecule has 0 unspecified atom stereocenters. The molecule has 4 N–H and O–H groups in total. The van der Waals surface area contributed by atoms with Crippen LogP contribution < -0.4 is 26.0 Å². The highest BCUT2D eigenvalue weighted by molar-refractivity contribution is 5.94. The number of hydrogen-bond acceptors (Lipinski definition) is 8. The van der Waals surface area contributed by atoms with Crippen molar-refractivity contribution in [1.29, 1.82) is 0 Å². The van der Waals surface area contributed by atoms with Crippen LogP contribution in [0.1, 0.15) is 22.3 Å². The molecule has 9 heteroatoms. The minimum absolute atomic E-state index is 0.0476. The first kappa shape index (κ1) is 25.4. The zero-order chi connectivity index (χ0) is 26.4. The van der Waals surface area contributed by atoms with E-state index in [2.05, 4.69) is 48.4 Å². The molecule has 0 spiro atoms. The Balaban J connectivity index is 1.56. The topological polar surface area (TPSA) is 113 Å². The molecule has 37 heavy (non-hydrogen) atoms. The van der Waals surface area contributed by atoms with Crippen LogP contribution in [-0.2, 0) is 4.79 Å². The van der Waals surface area contributed by atoms with Gasteiger partial charge in [0.25, 0.3) is 0 Å². The Morgan fingerprint density at radius 2 is 1.27 bits per heavy atom. The van der Waals surface area contributed by atoms with Gasteiger partial charge in [0.15, 0.2) is 0 Å². The molecular weight excluding hydrogens is 466 g/mol. The van der Waals surface area contributed by atoms with Gasteiger partial charge in [-0.25, -0.2) is 0 Å². The van der Waals surface area contributed by atoms with Gasteiger partial charge in [-0.05, 0) is 63.1 Å². The van der Waals surface area contributed by atoms with Crippen LogP contribution in [0.4, 0.5) is 34.9 Å². The summed E-state index contributed by atoms with van der Waals surface area (Å²) in [6, 6.07) is 19.4. The molecule has 0 bridgehead atoms. The molecule has 0 saturated heterocycles. The van der Waals surface area contributed by atoms with Gasteiger partial charge in [0.1, 0.15) is 5.75 Å². The monoisotopic (exact) mass is 497 g/mol. The molecule has 0 atom stereocenters. The van der Waals surface area contributed by atoms with Crippen LogP contribution in [0.15, 0.2) is 60.7 Å². The Morgan fingerprint density at radius 3 is 1.81 bits per heavy atom. The first-order chi connectivity index (χ1) is 17.8. The van der Waals surface area contributed by atoms with Crippen LogP contribution in [0.3, 0.4) is 0 Å². The third-order valence-electron chi connectivity index (χ3n) is 5.68. The molecule has 0 saturated carbocycles. The molecule has 0 aliphatic rings. The summed E-state index contributed by atoms with van der Waals surface area (Å²) in [6.07, 6.45) is 0. The van der Waals surface area contributed by atoms with Crippen LogP contribution in [0.25, 0.3) is 0 Å². The van der Waals surface area contributed by atoms with Crippen molar-refractivity contribution >= 4 is 40.8 Å². The molecule has 1 heterocycles. The van der Waals surface area contributed by atoms with E-state index in [1.165, 1.54) is 11.1 Å². The van der Waals surface area contributed by atoms with Crippen LogP contribution in [0.5, 0.6) is 5.75 Å². The first-order valence-electron chi connectivity index (χ1n) is 11.9. The lowest BCUT2D eigenvalue weighted by atomic mass is 10.1. The summed E-state index contributed by atoms with van der Waals surface area (Å²) in [7, 11) is 1.56. The van der Waals surface area contributed by atoms with E-state index in [0.29, 0.717) is 23.3 Å². The maximum absolute atomic E-state index is 12.6. The van der Waals surface area contributed by atoms with E-state index in [1.807, 2.05) is 64.1 Å². The number of hydrogen-bond donors (Lipinski definition) is 4. The number of benzene rings is 3. The number of ether oxygens (including phenoxy) is 1. The predicted octanol–water partition coefficient (Wildman–Crippen LogP) is 5.65. The summed E-state index contributed by atoms with van der Waals surface area (Å²) in [4.78, 5) is 26.2. The Labute approximate surface area is 216 Å². The highest BCUT2D eigenvalue weighted by atomic mass is 16.5. The standard InChI is InChI=1S/C28H31N7O2/c1-17-10-12-21(19(3)14-17)31-27-33-26(29-16-25(36)30-23-8-6-7-9-24(23)37-5)34-28(35-27)32-22-13-11-18(2)15-20(22)4/h6-15H,16H2,1-5H3,(H,30,36)(H3,29,31,32,33,34,35). The molecule has 3 aromatic carbocycles. The average molecular weight is 498 g/mol. The number of nitrogens with one attached hydrogen (secondary N) is 4. The van der Waals surface area contributed by atoms with Gasteiger partial charge in [-0.1, -0.05) is 47.5 Å². The van der Waals surface area contributed by atoms with E-state index in [4.69, 9.17) is 4.74 Å². The minimum Gasteiger partial charge on any atom is -0.495 e. The Kier molecular flexibility index (Phi) is 7.83. The van der Waals surface area contributed by atoms with E-state index < -0.39 is 0 Å². The predicted molar refractivity (Wildman–Crippen MR) is 148 cm³/mol. The van der Waals surface area contributed by atoms with Gasteiger partial charge in [0, 0.05) is 11.4 Å². The van der Waals surface area contributed by atoms with Gasteiger partial charge in [0.05, 0.1) is 19.3 Å². The van der Waals surface area contributed by atoms with Crippen LogP contribution in [-0.4, -0.2) is 34.5 Å². The minimum atomic E-state index is -0.266. The van der Waals surface area contributed by atoms with Crippen molar-refractivity contribution in [2.24, 2.45) is 0 Å². The van der Waals surface area contributed by atoms with Gasteiger partial charge in [0.2, 0.25) is 23.8 Å². The Bertz CT molecular complexity index is 1350. The lowest BCUT2D eigenvalue weighted by Crippen LogP contribution is -2.23. The van der Waals surface area contributed by atoms with Gasteiger partial charge in [-0.15, -0.1) is 0 Å². The number of anilines is 6. The average Bonchev–Trinajstić information content (AvgIpc) is 2.86. The SMILES string of the molecule is COc1ccccc1NC(=O)CNc1nc(Nc2ccc(C)cc2C)nc(Nc2ccc(C)cc2C)n1. The summed E-state index contributed by atoms with van der Waals surface area (Å²) in [6.45, 7) is 8.08. The number of para-hydroxylation sites is 2. The quantitative estimate of drug-likeness (QED) is 0.235. The number of carbonyl (C=O) groups excluding carboxylic acids is 1. The molecule has 0 fully saturated rings. The molecular formula is C28H31N7O2. The van der Waals surface area contributed by atoms with E-state index >= 15 is 0 Å². The molecule has 0 aliphatic heterocycles. The number of methoxy groups -OCH3 is 1. The van der Waals surface area contributed by atoms with E-state index in [0.717, 1.165) is 22.5 Å². The van der Waals surface area contributed by atoms with Crippen molar-refractivity contribution in [3.8, 4) is 5.75 Å². The highest BCUT2D eigenvalue weighted by Gasteiger charge is 2.12. The van der Waals surface area contributed by atoms with Gasteiger partial charge in [-0.3, -0.25) is 4.79 Å². The van der Waals surface area contributed by atoms with Crippen molar-refractivity contribution in [3.63, 3.8) is 0 Å². The fraction of sp³-hybridized carbons (Fsp3) is 0.214. The third kappa shape index (κ3) is 6.72. The second kappa shape index (κ2) is 11.4. The smallest absolute Gasteiger partial charge is 0.243 e. The van der Waals surface area contributed by atoms with Crippen molar-refractivity contribution in [1.82, 2.24) is 15.0 Å². The molecule has 190 valence electrons. The summed E-state index contributed by atoms with van der Waals surface area (Å²) in [5.41, 5.74) is 6.81. The largest absolute Gasteiger partial charge is 0.495 e. The highest BCUT2D eigenvalue weighted by Crippen LogP contribution is 2.25. The molecule has 0 radical (unpaired) electrons. The normalized spacial score (nSPS) is 10.5. The second-order valence-electron chi connectivity index (χ2n) is 8.79. The number of aromatic nitrogens is 3. The van der Waals surface area contributed by atoms with E-state index in [9.17, 15) is 4.79 Å². The van der Waals surface area contributed by atoms with Crippen molar-refractivity contribution in [2.45, 2.75) is 27.7 Å². The second-order valence-corrected chi connectivity index (χ2v) is 8.79. The first-order valence-corrected chi connectivity index (χ1v) is 11.9. The fourth-order valence-corrected chi connectivity index (χ4v) is 3.82. The Morgan fingerprint density at radius 1 is 0.730 bits per heavy atom. The molecule has 4 rings (SSSR count). The number of amides is 1. The lowest BCUT2D eigenvalue weighted by molar-refractivity contribution is -0.114. The van der Waals surface area contributed by atoms with Crippen molar-refractivity contribution in [3.05, 3.63) is 82.9 Å². The number of aryl methyl sites for hydroxylation is 4. The maximum Gasteiger partial charge on any atom is 0.243 e. The number of rotatable bonds is 9. The molecule has 9 nitrogen and oxygen atoms in total. The van der Waals surface area contributed by atoms with Gasteiger partial charge >= 0.3 is 0 Å². The van der Waals surface area contributed by atoms with Crippen LogP contribution in [0, 0.1) is 27.7 Å². The molecule has 0 aliphatic carbocycles. The van der Waals surface area contributed by atoms with Crippen molar-refractivity contribution in [2.75, 3.05) is 34.9 Å². The fourth-order valence-electron chi connectivity index (χ4n) is 3.82. The van der Waals surface area contributed by atoms with Gasteiger partial charge in [-0.2, -0.15) is 15.0 Å².